The summed E-state index contributed by atoms with van der Waals surface area (Å²) in [5.74, 6) is -0.997. The van der Waals surface area contributed by atoms with Gasteiger partial charge >= 0.3 is 5.97 Å². The zero-order chi connectivity index (χ0) is 25.4. The summed E-state index contributed by atoms with van der Waals surface area (Å²) < 4.78 is 1.54. The number of carboxylic acids is 1. The van der Waals surface area contributed by atoms with E-state index in [1.807, 2.05) is 13.8 Å². The first-order valence-electron chi connectivity index (χ1n) is 11.3. The number of aryl methyl sites for hydroxylation is 2. The summed E-state index contributed by atoms with van der Waals surface area (Å²) in [6.45, 7) is 9.31. The number of piperidine rings is 1. The molecule has 0 unspecified atom stereocenters. The molecule has 1 saturated heterocycles. The van der Waals surface area contributed by atoms with Crippen LogP contribution in [0.5, 0.6) is 0 Å². The number of carbonyl (C=O) groups excluding carboxylic acids is 1. The fourth-order valence-electron chi connectivity index (χ4n) is 4.87. The molecule has 0 aliphatic carbocycles. The fourth-order valence-corrected chi connectivity index (χ4v) is 5.51. The van der Waals surface area contributed by atoms with E-state index in [2.05, 4.69) is 17.5 Å². The second-order valence-electron chi connectivity index (χ2n) is 9.05. The molecule has 1 fully saturated rings. The number of hydrogen-bond acceptors (Lipinski definition) is 4. The van der Waals surface area contributed by atoms with E-state index in [1.54, 1.807) is 30.5 Å². The van der Waals surface area contributed by atoms with Gasteiger partial charge in [0.15, 0.2) is 0 Å². The minimum Gasteiger partial charge on any atom is -0.481 e. The van der Waals surface area contributed by atoms with Crippen LogP contribution in [-0.4, -0.2) is 39.5 Å². The van der Waals surface area contributed by atoms with Crippen molar-refractivity contribution >= 4 is 51.7 Å². The first kappa shape index (κ1) is 24.8. The lowest BCUT2D eigenvalue weighted by Gasteiger charge is -2.34. The van der Waals surface area contributed by atoms with Crippen molar-refractivity contribution in [1.29, 1.82) is 5.26 Å². The molecule has 180 valence electrons. The maximum atomic E-state index is 13.7. The van der Waals surface area contributed by atoms with Crippen LogP contribution in [0.1, 0.15) is 51.9 Å². The van der Waals surface area contributed by atoms with Crippen molar-refractivity contribution in [1.82, 2.24) is 9.47 Å². The molecule has 1 aliphatic rings. The molecule has 8 heteroatoms. The van der Waals surface area contributed by atoms with Gasteiger partial charge in [0.1, 0.15) is 0 Å². The Morgan fingerprint density at radius 3 is 2.49 bits per heavy atom. The molecule has 1 N–H and O–H groups in total. The van der Waals surface area contributed by atoms with Crippen LogP contribution in [-0.2, 0) is 4.79 Å². The lowest BCUT2D eigenvalue weighted by Crippen LogP contribution is -2.33. The average Bonchev–Trinajstić information content (AvgIpc) is 3.15. The van der Waals surface area contributed by atoms with Gasteiger partial charge in [0.2, 0.25) is 0 Å². The number of aromatic nitrogens is 1. The highest BCUT2D eigenvalue weighted by Crippen LogP contribution is 2.36. The molecule has 2 aromatic carbocycles. The van der Waals surface area contributed by atoms with Crippen LogP contribution >= 0.6 is 23.2 Å². The number of halogens is 2. The molecular weight excluding hydrogens is 485 g/mol. The Balaban J connectivity index is 1.69. The Morgan fingerprint density at radius 1 is 1.17 bits per heavy atom. The lowest BCUT2D eigenvalue weighted by molar-refractivity contribution is -0.138. The molecule has 0 spiro atoms. The van der Waals surface area contributed by atoms with E-state index in [0.29, 0.717) is 35.4 Å². The van der Waals surface area contributed by atoms with Crippen molar-refractivity contribution < 1.29 is 14.7 Å². The third kappa shape index (κ3) is 4.67. The predicted octanol–water partition coefficient (Wildman–Crippen LogP) is 6.28. The Hall–Kier alpha value is -3.27. The van der Waals surface area contributed by atoms with E-state index >= 15 is 0 Å². The normalized spacial score (nSPS) is 14.2. The van der Waals surface area contributed by atoms with Gasteiger partial charge < -0.3 is 10.0 Å². The summed E-state index contributed by atoms with van der Waals surface area (Å²) in [6.07, 6.45) is 3.41. The standard InChI is InChI=1S/C27H25Cl2N3O3/c1-15-10-19(13-30)11-21-16(2)14-32(26(15)21)27(35)24-22(28)5-4-20(25(24)29)17(3)31-8-6-18(7-9-31)12-23(33)34/h4-5,10-11,14,18H,3,6-9,12H2,1-2H3,(H,33,34). The summed E-state index contributed by atoms with van der Waals surface area (Å²) in [6, 6.07) is 9.10. The highest BCUT2D eigenvalue weighted by molar-refractivity contribution is 6.41. The number of rotatable bonds is 5. The highest BCUT2D eigenvalue weighted by atomic mass is 35.5. The molecular formula is C27H25Cl2N3O3. The van der Waals surface area contributed by atoms with Crippen molar-refractivity contribution in [3.8, 4) is 6.07 Å². The molecule has 3 aromatic rings. The van der Waals surface area contributed by atoms with Gasteiger partial charge in [0, 0.05) is 42.4 Å². The monoisotopic (exact) mass is 509 g/mol. The van der Waals surface area contributed by atoms with E-state index in [1.165, 1.54) is 4.57 Å². The van der Waals surface area contributed by atoms with Crippen LogP contribution in [0.15, 0.2) is 37.0 Å². The molecule has 0 atom stereocenters. The number of carbonyl (C=O) groups is 2. The fraction of sp³-hybridized carbons (Fsp3) is 0.296. The molecule has 6 nitrogen and oxygen atoms in total. The Bertz CT molecular complexity index is 1410. The van der Waals surface area contributed by atoms with Gasteiger partial charge in [0.25, 0.3) is 5.91 Å². The van der Waals surface area contributed by atoms with Crippen molar-refractivity contribution in [2.45, 2.75) is 33.1 Å². The second-order valence-corrected chi connectivity index (χ2v) is 9.83. The molecule has 4 rings (SSSR count). The summed E-state index contributed by atoms with van der Waals surface area (Å²) in [5.41, 5.74) is 4.40. The molecule has 2 heterocycles. The van der Waals surface area contributed by atoms with Gasteiger partial charge in [-0.05, 0) is 68.0 Å². The van der Waals surface area contributed by atoms with E-state index in [0.717, 1.165) is 29.4 Å². The number of fused-ring (bicyclic) bond motifs is 1. The van der Waals surface area contributed by atoms with Gasteiger partial charge in [-0.3, -0.25) is 14.2 Å². The van der Waals surface area contributed by atoms with Gasteiger partial charge in [0.05, 0.1) is 32.8 Å². The van der Waals surface area contributed by atoms with Crippen LogP contribution in [0, 0.1) is 31.1 Å². The summed E-state index contributed by atoms with van der Waals surface area (Å²) in [5, 5.41) is 19.7. The average molecular weight is 510 g/mol. The number of nitriles is 1. The number of benzene rings is 2. The highest BCUT2D eigenvalue weighted by Gasteiger charge is 2.27. The number of likely N-dealkylation sites (tertiary alicyclic amines) is 1. The van der Waals surface area contributed by atoms with Crippen LogP contribution in [0.3, 0.4) is 0 Å². The molecule has 0 radical (unpaired) electrons. The third-order valence-electron chi connectivity index (χ3n) is 6.71. The Labute approximate surface area is 214 Å². The second kappa shape index (κ2) is 9.77. The minimum absolute atomic E-state index is 0.143. The number of nitrogens with zero attached hydrogens (tertiary/aromatic N) is 3. The van der Waals surface area contributed by atoms with E-state index in [4.69, 9.17) is 28.3 Å². The zero-order valence-electron chi connectivity index (χ0n) is 19.6. The van der Waals surface area contributed by atoms with Gasteiger partial charge in [-0.25, -0.2) is 0 Å². The minimum atomic E-state index is -0.780. The smallest absolute Gasteiger partial charge is 0.303 e. The van der Waals surface area contributed by atoms with E-state index in [-0.39, 0.29) is 33.9 Å². The number of hydrogen-bond donors (Lipinski definition) is 1. The third-order valence-corrected chi connectivity index (χ3v) is 7.42. The number of carboxylic acid groups (broad SMARTS) is 1. The quantitative estimate of drug-likeness (QED) is 0.437. The number of aliphatic carboxylic acids is 1. The Kier molecular flexibility index (Phi) is 6.93. The molecule has 0 saturated carbocycles. The van der Waals surface area contributed by atoms with Crippen LogP contribution in [0.4, 0.5) is 0 Å². The SMILES string of the molecule is C=C(c1ccc(Cl)c(C(=O)n2cc(C)c3cc(C#N)cc(C)c32)c1Cl)N1CCC(CC(=O)O)CC1. The summed E-state index contributed by atoms with van der Waals surface area (Å²) in [4.78, 5) is 26.8. The van der Waals surface area contributed by atoms with Crippen molar-refractivity contribution in [3.05, 3.63) is 74.9 Å². The maximum absolute atomic E-state index is 13.7. The topological polar surface area (TPSA) is 86.3 Å². The summed E-state index contributed by atoms with van der Waals surface area (Å²) in [7, 11) is 0. The summed E-state index contributed by atoms with van der Waals surface area (Å²) >= 11 is 13.3. The molecule has 1 aliphatic heterocycles. The van der Waals surface area contributed by atoms with Crippen LogP contribution in [0.25, 0.3) is 16.6 Å². The van der Waals surface area contributed by atoms with Crippen molar-refractivity contribution in [3.63, 3.8) is 0 Å². The Morgan fingerprint density at radius 2 is 1.86 bits per heavy atom. The predicted molar refractivity (Wildman–Crippen MR) is 138 cm³/mol. The van der Waals surface area contributed by atoms with Gasteiger partial charge in [-0.2, -0.15) is 5.26 Å². The van der Waals surface area contributed by atoms with Crippen molar-refractivity contribution in [2.24, 2.45) is 5.92 Å². The van der Waals surface area contributed by atoms with Gasteiger partial charge in [-0.1, -0.05) is 29.8 Å². The first-order chi connectivity index (χ1) is 16.6. The van der Waals surface area contributed by atoms with Crippen LogP contribution in [0.2, 0.25) is 10.0 Å². The zero-order valence-corrected chi connectivity index (χ0v) is 21.1. The van der Waals surface area contributed by atoms with Gasteiger partial charge in [-0.15, -0.1) is 0 Å². The van der Waals surface area contributed by atoms with Crippen LogP contribution < -0.4 is 0 Å². The van der Waals surface area contributed by atoms with E-state index in [9.17, 15) is 14.9 Å². The first-order valence-corrected chi connectivity index (χ1v) is 12.1. The molecule has 0 bridgehead atoms. The lowest BCUT2D eigenvalue weighted by atomic mass is 9.93. The largest absolute Gasteiger partial charge is 0.481 e. The van der Waals surface area contributed by atoms with E-state index < -0.39 is 5.97 Å². The molecule has 1 aromatic heterocycles. The molecule has 0 amide bonds. The molecule has 35 heavy (non-hydrogen) atoms. The maximum Gasteiger partial charge on any atom is 0.303 e. The van der Waals surface area contributed by atoms with Crippen molar-refractivity contribution in [2.75, 3.05) is 13.1 Å².